The fourth-order valence-corrected chi connectivity index (χ4v) is 4.00. The number of hydrogen-bond donors (Lipinski definition) is 2. The Bertz CT molecular complexity index is 1640. The van der Waals surface area contributed by atoms with Crippen LogP contribution in [-0.2, 0) is 17.9 Å². The minimum atomic E-state index is -0.606. The van der Waals surface area contributed by atoms with Gasteiger partial charge in [-0.3, -0.25) is 19.0 Å². The summed E-state index contributed by atoms with van der Waals surface area (Å²) in [5.74, 6) is -0.713. The summed E-state index contributed by atoms with van der Waals surface area (Å²) in [6.07, 6.45) is 1.52. The average molecular weight is 489 g/mol. The van der Waals surface area contributed by atoms with Crippen LogP contribution >= 0.6 is 0 Å². The van der Waals surface area contributed by atoms with E-state index in [1.165, 1.54) is 27.2 Å². The third kappa shape index (κ3) is 4.57. The van der Waals surface area contributed by atoms with Crippen LogP contribution in [0.4, 0.5) is 5.69 Å². The van der Waals surface area contributed by atoms with E-state index in [1.807, 2.05) is 45.9 Å². The summed E-state index contributed by atoms with van der Waals surface area (Å²) in [5, 5.41) is 10.2. The lowest BCUT2D eigenvalue weighted by Crippen LogP contribution is -2.31. The van der Waals surface area contributed by atoms with Gasteiger partial charge in [0.15, 0.2) is 0 Å². The Balaban J connectivity index is 1.84. The molecular formula is C26H28N6O4. The SMILES string of the molecule is C=CCn1c(=O)c2ccc(C(=O)NC(C)C)cc2n2c(=O)n(CC(=O)Nc3cc(C)ccc3C)nc12. The number of benzene rings is 2. The third-order valence-corrected chi connectivity index (χ3v) is 5.73. The maximum atomic E-state index is 13.4. The van der Waals surface area contributed by atoms with E-state index in [0.29, 0.717) is 11.3 Å². The Kier molecular flexibility index (Phi) is 6.61. The Morgan fingerprint density at radius 2 is 1.86 bits per heavy atom. The van der Waals surface area contributed by atoms with Crippen LogP contribution in [0, 0.1) is 13.8 Å². The second-order valence-electron chi connectivity index (χ2n) is 9.01. The number of nitrogens with zero attached hydrogens (tertiary/aromatic N) is 4. The smallest absolute Gasteiger partial charge is 0.350 e. The second-order valence-corrected chi connectivity index (χ2v) is 9.01. The van der Waals surface area contributed by atoms with E-state index in [2.05, 4.69) is 22.3 Å². The zero-order valence-corrected chi connectivity index (χ0v) is 20.7. The number of hydrogen-bond acceptors (Lipinski definition) is 5. The van der Waals surface area contributed by atoms with E-state index in [0.717, 1.165) is 15.8 Å². The van der Waals surface area contributed by atoms with Gasteiger partial charge in [-0.2, -0.15) is 0 Å². The van der Waals surface area contributed by atoms with Gasteiger partial charge in [-0.1, -0.05) is 18.2 Å². The molecule has 2 N–H and O–H groups in total. The summed E-state index contributed by atoms with van der Waals surface area (Å²) in [4.78, 5) is 52.0. The second kappa shape index (κ2) is 9.65. The number of aromatic nitrogens is 4. The van der Waals surface area contributed by atoms with Gasteiger partial charge in [0.2, 0.25) is 11.7 Å². The number of nitrogens with one attached hydrogen (secondary N) is 2. The maximum Gasteiger partial charge on any atom is 0.352 e. The molecule has 0 atom stereocenters. The van der Waals surface area contributed by atoms with E-state index < -0.39 is 11.6 Å². The maximum absolute atomic E-state index is 13.4. The van der Waals surface area contributed by atoms with Crippen molar-refractivity contribution in [1.82, 2.24) is 24.1 Å². The summed E-state index contributed by atoms with van der Waals surface area (Å²) in [6.45, 7) is 10.9. The molecule has 2 amide bonds. The van der Waals surface area contributed by atoms with E-state index in [1.54, 1.807) is 6.07 Å². The van der Waals surface area contributed by atoms with Gasteiger partial charge in [0.1, 0.15) is 6.54 Å². The molecule has 2 aromatic heterocycles. The van der Waals surface area contributed by atoms with Gasteiger partial charge in [0, 0.05) is 23.8 Å². The monoisotopic (exact) mass is 488 g/mol. The third-order valence-electron chi connectivity index (χ3n) is 5.73. The molecular weight excluding hydrogens is 460 g/mol. The summed E-state index contributed by atoms with van der Waals surface area (Å²) in [7, 11) is 0. The molecule has 10 heteroatoms. The highest BCUT2D eigenvalue weighted by atomic mass is 16.2. The quantitative estimate of drug-likeness (QED) is 0.387. The van der Waals surface area contributed by atoms with Gasteiger partial charge in [0.25, 0.3) is 11.5 Å². The number of amides is 2. The van der Waals surface area contributed by atoms with Crippen molar-refractivity contribution >= 4 is 34.2 Å². The molecule has 0 radical (unpaired) electrons. The molecule has 2 aromatic carbocycles. The number of aryl methyl sites for hydroxylation is 2. The van der Waals surface area contributed by atoms with Crippen LogP contribution < -0.4 is 21.9 Å². The van der Waals surface area contributed by atoms with E-state index >= 15 is 0 Å². The molecule has 0 spiro atoms. The van der Waals surface area contributed by atoms with Crippen molar-refractivity contribution < 1.29 is 9.59 Å². The van der Waals surface area contributed by atoms with Crippen molar-refractivity contribution in [2.24, 2.45) is 0 Å². The van der Waals surface area contributed by atoms with Gasteiger partial charge in [-0.25, -0.2) is 13.9 Å². The fraction of sp³-hybridized carbons (Fsp3) is 0.269. The molecule has 0 saturated carbocycles. The molecule has 4 rings (SSSR count). The average Bonchev–Trinajstić information content (AvgIpc) is 3.14. The zero-order valence-electron chi connectivity index (χ0n) is 20.7. The van der Waals surface area contributed by atoms with Crippen LogP contribution in [0.25, 0.3) is 16.7 Å². The van der Waals surface area contributed by atoms with E-state index in [-0.39, 0.29) is 47.3 Å². The molecule has 0 aliphatic carbocycles. The van der Waals surface area contributed by atoms with Crippen LogP contribution in [0.1, 0.15) is 35.3 Å². The molecule has 0 aliphatic rings. The Hall–Kier alpha value is -4.47. The molecule has 0 unspecified atom stereocenters. The summed E-state index contributed by atoms with van der Waals surface area (Å²) in [5.41, 5.74) is 2.05. The molecule has 0 fully saturated rings. The topological polar surface area (TPSA) is 120 Å². The van der Waals surface area contributed by atoms with E-state index in [9.17, 15) is 19.2 Å². The number of carbonyl (C=O) groups excluding carboxylic acids is 2. The molecule has 0 saturated heterocycles. The number of allylic oxidation sites excluding steroid dienone is 1. The van der Waals surface area contributed by atoms with Crippen molar-refractivity contribution in [3.8, 4) is 0 Å². The Morgan fingerprint density at radius 1 is 1.11 bits per heavy atom. The van der Waals surface area contributed by atoms with Crippen LogP contribution in [-0.4, -0.2) is 36.6 Å². The lowest BCUT2D eigenvalue weighted by atomic mass is 10.1. The predicted molar refractivity (Wildman–Crippen MR) is 139 cm³/mol. The first kappa shape index (κ1) is 24.6. The van der Waals surface area contributed by atoms with Gasteiger partial charge in [-0.15, -0.1) is 11.7 Å². The molecule has 4 aromatic rings. The first-order valence-electron chi connectivity index (χ1n) is 11.6. The highest BCUT2D eigenvalue weighted by Crippen LogP contribution is 2.17. The molecule has 0 bridgehead atoms. The first-order valence-corrected chi connectivity index (χ1v) is 11.6. The van der Waals surface area contributed by atoms with Crippen LogP contribution in [0.5, 0.6) is 0 Å². The van der Waals surface area contributed by atoms with Crippen molar-refractivity contribution in [2.45, 2.75) is 46.8 Å². The Labute approximate surface area is 206 Å². The first-order chi connectivity index (χ1) is 17.1. The molecule has 36 heavy (non-hydrogen) atoms. The standard InChI is InChI=1S/C26H28N6O4/c1-6-11-30-24(35)19-10-9-18(23(34)27-15(2)3)13-21(19)32-25(30)29-31(26(32)36)14-22(33)28-20-12-16(4)7-8-17(20)5/h6-10,12-13,15H,1,11,14H2,2-5H3,(H,27,34)(H,28,33). The van der Waals surface area contributed by atoms with Crippen LogP contribution in [0.15, 0.2) is 58.6 Å². The number of anilines is 1. The van der Waals surface area contributed by atoms with Gasteiger partial charge in [0.05, 0.1) is 10.9 Å². The molecule has 0 aliphatic heterocycles. The summed E-state index contributed by atoms with van der Waals surface area (Å²) < 4.78 is 3.57. The highest BCUT2D eigenvalue weighted by Gasteiger charge is 2.20. The highest BCUT2D eigenvalue weighted by molar-refractivity contribution is 5.98. The lowest BCUT2D eigenvalue weighted by Gasteiger charge is -2.11. The van der Waals surface area contributed by atoms with Gasteiger partial charge >= 0.3 is 5.69 Å². The summed E-state index contributed by atoms with van der Waals surface area (Å²) >= 11 is 0. The Morgan fingerprint density at radius 3 is 2.56 bits per heavy atom. The van der Waals surface area contributed by atoms with Crippen molar-refractivity contribution in [3.05, 3.63) is 86.6 Å². The number of rotatable bonds is 7. The predicted octanol–water partition coefficient (Wildman–Crippen LogP) is 2.39. The minimum Gasteiger partial charge on any atom is -0.350 e. The van der Waals surface area contributed by atoms with Gasteiger partial charge in [-0.05, 0) is 63.1 Å². The molecule has 10 nitrogen and oxygen atoms in total. The normalized spacial score (nSPS) is 11.2. The zero-order chi connectivity index (χ0) is 26.1. The van der Waals surface area contributed by atoms with Crippen LogP contribution in [0.3, 0.4) is 0 Å². The number of carbonyl (C=O) groups is 2. The van der Waals surface area contributed by atoms with E-state index in [4.69, 9.17) is 0 Å². The lowest BCUT2D eigenvalue weighted by molar-refractivity contribution is -0.117. The van der Waals surface area contributed by atoms with Gasteiger partial charge < -0.3 is 10.6 Å². The van der Waals surface area contributed by atoms with Crippen molar-refractivity contribution in [2.75, 3.05) is 5.32 Å². The summed E-state index contributed by atoms with van der Waals surface area (Å²) in [6, 6.07) is 10.1. The number of fused-ring (bicyclic) bond motifs is 3. The largest absolute Gasteiger partial charge is 0.352 e. The fourth-order valence-electron chi connectivity index (χ4n) is 4.00. The van der Waals surface area contributed by atoms with Crippen LogP contribution in [0.2, 0.25) is 0 Å². The van der Waals surface area contributed by atoms with Crippen molar-refractivity contribution in [1.29, 1.82) is 0 Å². The minimum absolute atomic E-state index is 0.0540. The molecule has 186 valence electrons. The molecule has 2 heterocycles. The van der Waals surface area contributed by atoms with Crippen molar-refractivity contribution in [3.63, 3.8) is 0 Å².